The zero-order valence-electron chi connectivity index (χ0n) is 13.5. The third-order valence-electron chi connectivity index (χ3n) is 5.22. The van der Waals surface area contributed by atoms with Crippen LogP contribution in [-0.2, 0) is 0 Å². The van der Waals surface area contributed by atoms with Gasteiger partial charge < -0.3 is 5.73 Å². The van der Waals surface area contributed by atoms with Crippen LogP contribution in [-0.4, -0.2) is 10.2 Å². The van der Waals surface area contributed by atoms with Crippen molar-refractivity contribution in [3.8, 4) is 11.1 Å². The van der Waals surface area contributed by atoms with E-state index >= 15 is 0 Å². The number of H-pyrrole nitrogens is 1. The molecule has 1 aliphatic carbocycles. The summed E-state index contributed by atoms with van der Waals surface area (Å²) in [6, 6.07) is 6.55. The molecule has 1 heterocycles. The van der Waals surface area contributed by atoms with E-state index in [0.29, 0.717) is 17.2 Å². The van der Waals surface area contributed by atoms with Crippen LogP contribution < -0.4 is 5.73 Å². The number of aromatic nitrogens is 2. The van der Waals surface area contributed by atoms with Crippen molar-refractivity contribution in [2.45, 2.75) is 52.9 Å². The van der Waals surface area contributed by atoms with E-state index < -0.39 is 0 Å². The van der Waals surface area contributed by atoms with Crippen molar-refractivity contribution >= 4 is 5.82 Å². The number of nitrogen functional groups attached to an aromatic ring is 1. The quantitative estimate of drug-likeness (QED) is 0.848. The Kier molecular flexibility index (Phi) is 3.31. The summed E-state index contributed by atoms with van der Waals surface area (Å²) in [7, 11) is 0. The number of aryl methyl sites for hydroxylation is 2. The van der Waals surface area contributed by atoms with Gasteiger partial charge in [0, 0.05) is 17.2 Å². The lowest BCUT2D eigenvalue weighted by Gasteiger charge is -2.27. The van der Waals surface area contributed by atoms with Gasteiger partial charge in [-0.2, -0.15) is 5.10 Å². The van der Waals surface area contributed by atoms with E-state index in [0.717, 1.165) is 5.56 Å². The fourth-order valence-corrected chi connectivity index (χ4v) is 3.68. The molecule has 0 bridgehead atoms. The highest BCUT2D eigenvalue weighted by Crippen LogP contribution is 2.51. The zero-order valence-corrected chi connectivity index (χ0v) is 13.5. The Bertz CT molecular complexity index is 667. The first-order valence-corrected chi connectivity index (χ1v) is 7.81. The van der Waals surface area contributed by atoms with Gasteiger partial charge in [0.1, 0.15) is 0 Å². The number of nitrogens with zero attached hydrogens (tertiary/aromatic N) is 1. The van der Waals surface area contributed by atoms with Gasteiger partial charge in [-0.05, 0) is 48.8 Å². The number of anilines is 1. The first-order valence-electron chi connectivity index (χ1n) is 7.81. The van der Waals surface area contributed by atoms with Crippen molar-refractivity contribution in [2.75, 3.05) is 5.73 Å². The van der Waals surface area contributed by atoms with Crippen molar-refractivity contribution in [3.05, 3.63) is 35.0 Å². The van der Waals surface area contributed by atoms with E-state index in [4.69, 9.17) is 5.73 Å². The number of rotatable bonds is 2. The summed E-state index contributed by atoms with van der Waals surface area (Å²) < 4.78 is 0. The predicted molar refractivity (Wildman–Crippen MR) is 88.3 cm³/mol. The molecule has 112 valence electrons. The summed E-state index contributed by atoms with van der Waals surface area (Å²) in [6.45, 7) is 8.99. The molecule has 0 spiro atoms. The molecule has 2 aromatic rings. The molecule has 3 rings (SSSR count). The van der Waals surface area contributed by atoms with Crippen molar-refractivity contribution < 1.29 is 0 Å². The molecule has 1 aromatic carbocycles. The largest absolute Gasteiger partial charge is 0.382 e. The van der Waals surface area contributed by atoms with Gasteiger partial charge in [0.25, 0.3) is 0 Å². The number of aromatic amines is 1. The van der Waals surface area contributed by atoms with Gasteiger partial charge in [-0.3, -0.25) is 5.10 Å². The molecule has 0 radical (unpaired) electrons. The fraction of sp³-hybridized carbons (Fsp3) is 0.500. The SMILES string of the molecule is Cc1ccc(-c2c(N)n[nH]c2C2CCCC2(C)C)cc1C. The summed E-state index contributed by atoms with van der Waals surface area (Å²) in [5.41, 5.74) is 12.6. The Labute approximate surface area is 127 Å². The Morgan fingerprint density at radius 2 is 2.00 bits per heavy atom. The van der Waals surface area contributed by atoms with Gasteiger partial charge in [-0.1, -0.05) is 38.5 Å². The molecule has 3 N–H and O–H groups in total. The Balaban J connectivity index is 2.11. The second-order valence-electron chi connectivity index (χ2n) is 7.13. The predicted octanol–water partition coefficient (Wildman–Crippen LogP) is 4.57. The number of benzene rings is 1. The molecule has 1 aliphatic rings. The molecule has 1 saturated carbocycles. The molecule has 1 aromatic heterocycles. The molecule has 3 heteroatoms. The minimum absolute atomic E-state index is 0.313. The topological polar surface area (TPSA) is 54.7 Å². The van der Waals surface area contributed by atoms with Crippen molar-refractivity contribution in [3.63, 3.8) is 0 Å². The zero-order chi connectivity index (χ0) is 15.2. The summed E-state index contributed by atoms with van der Waals surface area (Å²) in [6.07, 6.45) is 3.76. The Hall–Kier alpha value is -1.77. The highest BCUT2D eigenvalue weighted by molar-refractivity contribution is 5.77. The first kappa shape index (κ1) is 14.2. The maximum Gasteiger partial charge on any atom is 0.153 e. The van der Waals surface area contributed by atoms with Crippen LogP contribution >= 0.6 is 0 Å². The van der Waals surface area contributed by atoms with Crippen LogP contribution in [0.4, 0.5) is 5.82 Å². The lowest BCUT2D eigenvalue weighted by atomic mass is 9.78. The normalized spacial score (nSPS) is 20.9. The Morgan fingerprint density at radius 3 is 2.62 bits per heavy atom. The van der Waals surface area contributed by atoms with E-state index in [1.807, 2.05) is 0 Å². The second kappa shape index (κ2) is 4.90. The van der Waals surface area contributed by atoms with Gasteiger partial charge in [-0.15, -0.1) is 0 Å². The minimum Gasteiger partial charge on any atom is -0.382 e. The molecule has 21 heavy (non-hydrogen) atoms. The third kappa shape index (κ3) is 2.35. The van der Waals surface area contributed by atoms with Crippen LogP contribution in [0.25, 0.3) is 11.1 Å². The summed E-state index contributed by atoms with van der Waals surface area (Å²) >= 11 is 0. The van der Waals surface area contributed by atoms with E-state index in [2.05, 4.69) is 56.1 Å². The van der Waals surface area contributed by atoms with E-state index in [1.54, 1.807) is 0 Å². The van der Waals surface area contributed by atoms with Gasteiger partial charge in [0.05, 0.1) is 0 Å². The third-order valence-corrected chi connectivity index (χ3v) is 5.22. The number of nitrogens with two attached hydrogens (primary N) is 1. The molecule has 1 atom stereocenters. The average molecular weight is 283 g/mol. The standard InChI is InChI=1S/C18H25N3/c1-11-7-8-13(10-12(11)2)15-16(20-21-17(15)19)14-6-5-9-18(14,3)4/h7-8,10,14H,5-6,9H2,1-4H3,(H3,19,20,21). The highest BCUT2D eigenvalue weighted by atomic mass is 15.2. The first-order chi connectivity index (χ1) is 9.90. The van der Waals surface area contributed by atoms with Gasteiger partial charge in [0.15, 0.2) is 5.82 Å². The molecule has 0 saturated heterocycles. The van der Waals surface area contributed by atoms with E-state index in [1.165, 1.54) is 41.6 Å². The summed E-state index contributed by atoms with van der Waals surface area (Å²) in [5.74, 6) is 1.13. The van der Waals surface area contributed by atoms with Gasteiger partial charge in [0.2, 0.25) is 0 Å². The van der Waals surface area contributed by atoms with E-state index in [9.17, 15) is 0 Å². The molecule has 1 unspecified atom stereocenters. The number of hydrogen-bond acceptors (Lipinski definition) is 2. The fourth-order valence-electron chi connectivity index (χ4n) is 3.68. The van der Waals surface area contributed by atoms with Crippen LogP contribution in [0.1, 0.15) is 55.8 Å². The van der Waals surface area contributed by atoms with Crippen LogP contribution in [0, 0.1) is 19.3 Å². The lowest BCUT2D eigenvalue weighted by Crippen LogP contribution is -2.16. The van der Waals surface area contributed by atoms with Crippen molar-refractivity contribution in [1.29, 1.82) is 0 Å². The van der Waals surface area contributed by atoms with Crippen molar-refractivity contribution in [1.82, 2.24) is 10.2 Å². The van der Waals surface area contributed by atoms with Crippen LogP contribution in [0.15, 0.2) is 18.2 Å². The monoisotopic (exact) mass is 283 g/mol. The molecule has 0 amide bonds. The smallest absolute Gasteiger partial charge is 0.153 e. The minimum atomic E-state index is 0.313. The summed E-state index contributed by atoms with van der Waals surface area (Å²) in [4.78, 5) is 0. The van der Waals surface area contributed by atoms with Crippen LogP contribution in [0.5, 0.6) is 0 Å². The molecule has 0 aliphatic heterocycles. The second-order valence-corrected chi connectivity index (χ2v) is 7.13. The lowest BCUT2D eigenvalue weighted by molar-refractivity contribution is 0.328. The summed E-state index contributed by atoms with van der Waals surface area (Å²) in [5, 5.41) is 7.54. The van der Waals surface area contributed by atoms with Crippen LogP contribution in [0.2, 0.25) is 0 Å². The highest BCUT2D eigenvalue weighted by Gasteiger charge is 2.38. The van der Waals surface area contributed by atoms with Crippen LogP contribution in [0.3, 0.4) is 0 Å². The molecular formula is C18H25N3. The molecule has 3 nitrogen and oxygen atoms in total. The maximum atomic E-state index is 6.18. The molecule has 1 fully saturated rings. The number of hydrogen-bond donors (Lipinski definition) is 2. The average Bonchev–Trinajstić information content (AvgIpc) is 2.95. The van der Waals surface area contributed by atoms with E-state index in [-0.39, 0.29) is 0 Å². The molecular weight excluding hydrogens is 258 g/mol. The Morgan fingerprint density at radius 1 is 1.24 bits per heavy atom. The van der Waals surface area contributed by atoms with Gasteiger partial charge >= 0.3 is 0 Å². The maximum absolute atomic E-state index is 6.18. The van der Waals surface area contributed by atoms with Crippen molar-refractivity contribution in [2.24, 2.45) is 5.41 Å². The number of nitrogens with one attached hydrogen (secondary N) is 1. The van der Waals surface area contributed by atoms with Gasteiger partial charge in [-0.25, -0.2) is 0 Å².